The molecule has 3 heteroatoms. The molecule has 2 aromatic rings. The highest BCUT2D eigenvalue weighted by molar-refractivity contribution is 5.63. The second-order valence-electron chi connectivity index (χ2n) is 4.42. The van der Waals surface area contributed by atoms with Crippen LogP contribution in [-0.4, -0.2) is 11.5 Å². The van der Waals surface area contributed by atoms with Crippen LogP contribution in [0.5, 0.6) is 0 Å². The first kappa shape index (κ1) is 10.1. The van der Waals surface area contributed by atoms with Gasteiger partial charge in [0.2, 0.25) is 0 Å². The molecule has 86 valence electrons. The van der Waals surface area contributed by atoms with Gasteiger partial charge in [0.25, 0.3) is 0 Å². The van der Waals surface area contributed by atoms with E-state index in [1.807, 2.05) is 24.5 Å². The van der Waals surface area contributed by atoms with E-state index in [0.717, 1.165) is 25.2 Å². The van der Waals surface area contributed by atoms with Crippen molar-refractivity contribution in [3.05, 3.63) is 53.9 Å². The summed E-state index contributed by atoms with van der Waals surface area (Å²) in [6, 6.07) is 10.3. The van der Waals surface area contributed by atoms with Crippen molar-refractivity contribution >= 4 is 11.4 Å². The second-order valence-corrected chi connectivity index (χ2v) is 4.42. The van der Waals surface area contributed by atoms with Gasteiger partial charge >= 0.3 is 0 Å². The number of nitrogens with two attached hydrogens (primary N) is 1. The first-order valence-electron chi connectivity index (χ1n) is 5.85. The average Bonchev–Trinajstić information content (AvgIpc) is 2.73. The summed E-state index contributed by atoms with van der Waals surface area (Å²) in [7, 11) is 0. The third kappa shape index (κ3) is 1.96. The van der Waals surface area contributed by atoms with Crippen LogP contribution >= 0.6 is 0 Å². The summed E-state index contributed by atoms with van der Waals surface area (Å²) in [5.74, 6) is 0. The molecule has 0 aliphatic carbocycles. The molecule has 0 radical (unpaired) electrons. The first-order chi connectivity index (χ1) is 8.33. The van der Waals surface area contributed by atoms with Gasteiger partial charge in [-0.25, -0.2) is 0 Å². The minimum Gasteiger partial charge on any atom is -0.399 e. The summed E-state index contributed by atoms with van der Waals surface area (Å²) in [5, 5.41) is 0. The molecule has 0 unspecified atom stereocenters. The maximum absolute atomic E-state index is 5.80. The first-order valence-corrected chi connectivity index (χ1v) is 5.85. The Labute approximate surface area is 101 Å². The molecule has 2 heterocycles. The predicted octanol–water partition coefficient (Wildman–Crippen LogP) is 2.23. The molecule has 0 spiro atoms. The molecule has 3 nitrogen and oxygen atoms in total. The number of benzene rings is 1. The van der Waals surface area contributed by atoms with Gasteiger partial charge in [0.15, 0.2) is 0 Å². The summed E-state index contributed by atoms with van der Waals surface area (Å²) in [6.07, 6.45) is 4.82. The van der Waals surface area contributed by atoms with Crippen LogP contribution in [0.2, 0.25) is 0 Å². The van der Waals surface area contributed by atoms with E-state index in [2.05, 4.69) is 28.1 Å². The van der Waals surface area contributed by atoms with Gasteiger partial charge in [0, 0.05) is 36.9 Å². The summed E-state index contributed by atoms with van der Waals surface area (Å²) in [5.41, 5.74) is 10.6. The van der Waals surface area contributed by atoms with Crippen molar-refractivity contribution in [2.75, 3.05) is 17.2 Å². The molecular weight excluding hydrogens is 210 g/mol. The van der Waals surface area contributed by atoms with Gasteiger partial charge in [0.05, 0.1) is 0 Å². The molecule has 2 N–H and O–H groups in total. The van der Waals surface area contributed by atoms with Crippen molar-refractivity contribution < 1.29 is 0 Å². The van der Waals surface area contributed by atoms with E-state index >= 15 is 0 Å². The zero-order valence-corrected chi connectivity index (χ0v) is 9.63. The zero-order chi connectivity index (χ0) is 11.7. The lowest BCUT2D eigenvalue weighted by Gasteiger charge is -2.19. The molecule has 1 aliphatic heterocycles. The van der Waals surface area contributed by atoms with Crippen molar-refractivity contribution in [2.45, 2.75) is 13.0 Å². The van der Waals surface area contributed by atoms with Crippen molar-refractivity contribution in [2.24, 2.45) is 0 Å². The average molecular weight is 225 g/mol. The van der Waals surface area contributed by atoms with Crippen LogP contribution in [0.25, 0.3) is 0 Å². The molecule has 0 fully saturated rings. The third-order valence-corrected chi connectivity index (χ3v) is 3.19. The molecule has 1 aliphatic rings. The van der Waals surface area contributed by atoms with Gasteiger partial charge < -0.3 is 10.6 Å². The fraction of sp³-hybridized carbons (Fsp3) is 0.214. The lowest BCUT2D eigenvalue weighted by Crippen LogP contribution is -2.19. The molecule has 0 amide bonds. The highest BCUT2D eigenvalue weighted by Gasteiger charge is 2.18. The number of anilines is 2. The Morgan fingerprint density at radius 1 is 1.29 bits per heavy atom. The van der Waals surface area contributed by atoms with Crippen LogP contribution in [0.4, 0.5) is 11.4 Å². The Bertz CT molecular complexity index is 522. The van der Waals surface area contributed by atoms with Gasteiger partial charge in [-0.3, -0.25) is 4.98 Å². The number of aromatic nitrogens is 1. The highest BCUT2D eigenvalue weighted by atomic mass is 15.1. The van der Waals surface area contributed by atoms with Crippen LogP contribution in [0, 0.1) is 0 Å². The summed E-state index contributed by atoms with van der Waals surface area (Å²) in [6.45, 7) is 1.98. The van der Waals surface area contributed by atoms with E-state index in [9.17, 15) is 0 Å². The quantitative estimate of drug-likeness (QED) is 0.797. The summed E-state index contributed by atoms with van der Waals surface area (Å²) >= 11 is 0. The Hall–Kier alpha value is -2.03. The van der Waals surface area contributed by atoms with Crippen LogP contribution in [0.3, 0.4) is 0 Å². The predicted molar refractivity (Wildman–Crippen MR) is 69.8 cm³/mol. The van der Waals surface area contributed by atoms with Crippen LogP contribution < -0.4 is 10.6 Å². The van der Waals surface area contributed by atoms with Crippen molar-refractivity contribution in [3.63, 3.8) is 0 Å². The molecule has 3 rings (SSSR count). The van der Waals surface area contributed by atoms with E-state index in [0.29, 0.717) is 0 Å². The fourth-order valence-electron chi connectivity index (χ4n) is 2.37. The Kier molecular flexibility index (Phi) is 2.44. The minimum atomic E-state index is 0.854. The molecule has 17 heavy (non-hydrogen) atoms. The Morgan fingerprint density at radius 2 is 2.24 bits per heavy atom. The van der Waals surface area contributed by atoms with E-state index in [1.165, 1.54) is 16.8 Å². The molecule has 0 saturated carbocycles. The number of nitrogen functional groups attached to an aromatic ring is 1. The van der Waals surface area contributed by atoms with E-state index < -0.39 is 0 Å². The van der Waals surface area contributed by atoms with Gasteiger partial charge in [-0.1, -0.05) is 6.07 Å². The van der Waals surface area contributed by atoms with Crippen molar-refractivity contribution in [3.8, 4) is 0 Å². The lowest BCUT2D eigenvalue weighted by atomic mass is 10.1. The van der Waals surface area contributed by atoms with Crippen molar-refractivity contribution in [1.82, 2.24) is 4.98 Å². The Balaban J connectivity index is 1.85. The molecular formula is C14H15N3. The smallest absolute Gasteiger partial charge is 0.0444 e. The van der Waals surface area contributed by atoms with Crippen LogP contribution in [0.1, 0.15) is 11.1 Å². The van der Waals surface area contributed by atoms with Crippen molar-refractivity contribution in [1.29, 1.82) is 0 Å². The number of hydrogen-bond donors (Lipinski definition) is 1. The number of hydrogen-bond acceptors (Lipinski definition) is 3. The van der Waals surface area contributed by atoms with Gasteiger partial charge in [-0.15, -0.1) is 0 Å². The van der Waals surface area contributed by atoms with E-state index in [4.69, 9.17) is 5.73 Å². The minimum absolute atomic E-state index is 0.854. The van der Waals surface area contributed by atoms with Crippen LogP contribution in [0.15, 0.2) is 42.7 Å². The van der Waals surface area contributed by atoms with Gasteiger partial charge in [0.1, 0.15) is 0 Å². The van der Waals surface area contributed by atoms with E-state index in [-0.39, 0.29) is 0 Å². The molecule has 1 aromatic carbocycles. The normalized spacial score (nSPS) is 13.8. The standard InChI is InChI=1S/C14H15N3/c15-13-3-4-14-12(8-13)5-7-17(14)10-11-2-1-6-16-9-11/h1-4,6,8-9H,5,7,10,15H2. The molecule has 0 saturated heterocycles. The zero-order valence-electron chi connectivity index (χ0n) is 9.63. The monoisotopic (exact) mass is 225 g/mol. The maximum Gasteiger partial charge on any atom is 0.0444 e. The number of fused-ring (bicyclic) bond motifs is 1. The van der Waals surface area contributed by atoms with E-state index in [1.54, 1.807) is 0 Å². The van der Waals surface area contributed by atoms with Crippen LogP contribution in [-0.2, 0) is 13.0 Å². The molecule has 0 bridgehead atoms. The largest absolute Gasteiger partial charge is 0.399 e. The van der Waals surface area contributed by atoms with Gasteiger partial charge in [-0.2, -0.15) is 0 Å². The third-order valence-electron chi connectivity index (χ3n) is 3.19. The number of rotatable bonds is 2. The fourth-order valence-corrected chi connectivity index (χ4v) is 2.37. The SMILES string of the molecule is Nc1ccc2c(c1)CCN2Cc1cccnc1. The maximum atomic E-state index is 5.80. The summed E-state index contributed by atoms with van der Waals surface area (Å²) in [4.78, 5) is 6.53. The highest BCUT2D eigenvalue weighted by Crippen LogP contribution is 2.30. The second kappa shape index (κ2) is 4.09. The molecule has 0 atom stereocenters. The summed E-state index contributed by atoms with van der Waals surface area (Å²) < 4.78 is 0. The number of pyridine rings is 1. The number of nitrogens with zero attached hydrogens (tertiary/aromatic N) is 2. The topological polar surface area (TPSA) is 42.1 Å². The Morgan fingerprint density at radius 3 is 3.06 bits per heavy atom. The van der Waals surface area contributed by atoms with Gasteiger partial charge in [-0.05, 0) is 41.8 Å². The molecule has 1 aromatic heterocycles. The lowest BCUT2D eigenvalue weighted by molar-refractivity contribution is 0.832.